The van der Waals surface area contributed by atoms with E-state index < -0.39 is 13.6 Å². The van der Waals surface area contributed by atoms with E-state index in [1.165, 1.54) is 25.7 Å². The lowest BCUT2D eigenvalue weighted by Gasteiger charge is -2.01. The minimum absolute atomic E-state index is 0.822. The Labute approximate surface area is 80.8 Å². The maximum Gasteiger partial charge on any atom is 0.560 e. The van der Waals surface area contributed by atoms with Gasteiger partial charge in [-0.25, -0.2) is 10.0 Å². The summed E-state index contributed by atoms with van der Waals surface area (Å²) in [5.41, 5.74) is 0. The van der Waals surface area contributed by atoms with Gasteiger partial charge in [0.2, 0.25) is 0 Å². The van der Waals surface area contributed by atoms with Crippen LogP contribution in [0.1, 0.15) is 32.6 Å². The average Bonchev–Trinajstić information content (AvgIpc) is 1.98. The number of rotatable bonds is 6. The molecule has 0 aromatic heterocycles. The van der Waals surface area contributed by atoms with Crippen LogP contribution in [0.15, 0.2) is 0 Å². The minimum Gasteiger partial charge on any atom is -0.630 e. The van der Waals surface area contributed by atoms with Crippen LogP contribution in [0.3, 0.4) is 0 Å². The van der Waals surface area contributed by atoms with Crippen LogP contribution in [0, 0.1) is 0 Å². The smallest absolute Gasteiger partial charge is 0.560 e. The Bertz CT molecular complexity index is 72.8. The van der Waals surface area contributed by atoms with E-state index >= 15 is 0 Å². The maximum atomic E-state index is 5.90. The van der Waals surface area contributed by atoms with Crippen LogP contribution in [0.5, 0.6) is 0 Å². The quantitative estimate of drug-likeness (QED) is 0.461. The highest BCUT2D eigenvalue weighted by Crippen LogP contribution is 2.07. The lowest BCUT2D eigenvalue weighted by Crippen LogP contribution is -2.06. The van der Waals surface area contributed by atoms with Gasteiger partial charge >= 0.3 is 30.2 Å². The molecule has 0 radical (unpaired) electrons. The van der Waals surface area contributed by atoms with Crippen molar-refractivity contribution < 1.29 is 2.84 Å². The van der Waals surface area contributed by atoms with Crippen molar-refractivity contribution in [3.63, 3.8) is 0 Å². The summed E-state index contributed by atoms with van der Waals surface area (Å²) in [5.74, 6) is 0. The van der Waals surface area contributed by atoms with E-state index in [1.54, 1.807) is 0 Å². The molecule has 0 aromatic rings. The first-order valence-corrected chi connectivity index (χ1v) is 7.83. The number of hydrogen-bond acceptors (Lipinski definition) is 1. The molecule has 0 atom stereocenters. The number of halogens is 1. The Morgan fingerprint density at radius 2 is 2.10 bits per heavy atom. The van der Waals surface area contributed by atoms with Crippen molar-refractivity contribution in [3.05, 3.63) is 0 Å². The molecule has 10 heavy (non-hydrogen) atoms. The van der Waals surface area contributed by atoms with Crippen molar-refractivity contribution in [3.8, 4) is 0 Å². The Balaban J connectivity index is 2.89. The van der Waals surface area contributed by atoms with Gasteiger partial charge in [0.05, 0.1) is 0 Å². The number of hydrogen-bond donors (Lipinski definition) is 0. The van der Waals surface area contributed by atoms with Crippen LogP contribution in [-0.2, 0) is 2.84 Å². The molecule has 0 spiro atoms. The third-order valence-corrected chi connectivity index (χ3v) is 6.71. The van der Waals surface area contributed by atoms with Crippen LogP contribution >= 0.6 is 10.0 Å². The van der Waals surface area contributed by atoms with E-state index in [4.69, 9.17) is 12.9 Å². The lowest BCUT2D eigenvalue weighted by atomic mass is 10.2. The standard InChI is InChI=1S/C6H13.2Al.ClH.O.2H/c1-3-5-6-4-2;;;;;;/h1,3-6H2,2H3;;;1H;;;/q;;+1;;;;/p-1. The van der Waals surface area contributed by atoms with Gasteiger partial charge in [-0.05, 0) is 0 Å². The molecule has 0 fully saturated rings. The van der Waals surface area contributed by atoms with E-state index in [2.05, 4.69) is 6.92 Å². The monoisotopic (exact) mass is 192 g/mol. The highest BCUT2D eigenvalue weighted by Gasteiger charge is 2.12. The summed E-state index contributed by atoms with van der Waals surface area (Å²) in [6.07, 6.45) is 5.25. The molecule has 0 rings (SSSR count). The molecule has 0 aliphatic heterocycles. The average molecular weight is 193 g/mol. The second kappa shape index (κ2) is 8.41. The first-order valence-electron chi connectivity index (χ1n) is 3.98. The largest absolute Gasteiger partial charge is 0.630 e. The fraction of sp³-hybridized carbons (Fsp3) is 1.00. The molecule has 0 aliphatic carbocycles. The van der Waals surface area contributed by atoms with Gasteiger partial charge in [0, 0.05) is 0 Å². The second-order valence-electron chi connectivity index (χ2n) is 2.50. The van der Waals surface area contributed by atoms with Crippen molar-refractivity contribution in [1.82, 2.24) is 0 Å². The zero-order valence-corrected chi connectivity index (χ0v) is 10.8. The highest BCUT2D eigenvalue weighted by atomic mass is 35.6. The molecule has 0 N–H and O–H groups in total. The molecule has 0 saturated heterocycles. The summed E-state index contributed by atoms with van der Waals surface area (Å²) >= 11 is -0.368. The summed E-state index contributed by atoms with van der Waals surface area (Å²) in [7, 11) is 5.90. The molecular weight excluding hydrogens is 177 g/mol. The van der Waals surface area contributed by atoms with Gasteiger partial charge in [-0.15, -0.1) is 0 Å². The lowest BCUT2D eigenvalue weighted by molar-refractivity contribution is 0.629. The van der Waals surface area contributed by atoms with Gasteiger partial charge in [0.15, 0.2) is 0 Å². The van der Waals surface area contributed by atoms with Gasteiger partial charge in [-0.3, -0.25) is 0 Å². The van der Waals surface area contributed by atoms with Crippen molar-refractivity contribution in [1.29, 1.82) is 0 Å². The molecule has 0 heterocycles. The summed E-state index contributed by atoms with van der Waals surface area (Å²) in [6, 6.07) is 0. The predicted molar refractivity (Wildman–Crippen MR) is 50.2 cm³/mol. The molecule has 1 nitrogen and oxygen atoms in total. The van der Waals surface area contributed by atoms with Gasteiger partial charge in [-0.1, -0.05) is 37.9 Å². The Morgan fingerprint density at radius 3 is 2.60 bits per heavy atom. The molecular formula is C6H15Al2ClO. The summed E-state index contributed by atoms with van der Waals surface area (Å²) in [5, 5.41) is 1.16. The fourth-order valence-electron chi connectivity index (χ4n) is 0.849. The van der Waals surface area contributed by atoms with Gasteiger partial charge in [0.1, 0.15) is 0 Å². The second-order valence-corrected chi connectivity index (χ2v) is 7.24. The third kappa shape index (κ3) is 7.42. The summed E-state index contributed by atoms with van der Waals surface area (Å²) in [6.45, 7) is 2.22. The first-order chi connectivity index (χ1) is 4.81. The zero-order valence-electron chi connectivity index (χ0n) is 6.90. The van der Waals surface area contributed by atoms with Crippen molar-refractivity contribution >= 4 is 40.2 Å². The van der Waals surface area contributed by atoms with Crippen LogP contribution < -0.4 is 0 Å². The van der Waals surface area contributed by atoms with Crippen LogP contribution in [0.25, 0.3) is 0 Å². The number of unbranched alkanes of at least 4 members (excludes halogenated alkanes) is 3. The zero-order chi connectivity index (χ0) is 7.82. The van der Waals surface area contributed by atoms with E-state index in [0.29, 0.717) is 0 Å². The molecule has 0 unspecified atom stereocenters. The Kier molecular flexibility index (Phi) is 9.52. The van der Waals surface area contributed by atoms with Crippen LogP contribution in [-0.4, -0.2) is 30.2 Å². The molecule has 0 aromatic carbocycles. The summed E-state index contributed by atoms with van der Waals surface area (Å²) in [4.78, 5) is 0. The van der Waals surface area contributed by atoms with E-state index in [-0.39, 0.29) is 0 Å². The molecule has 0 aliphatic rings. The Morgan fingerprint density at radius 1 is 1.40 bits per heavy atom. The fourth-order valence-corrected chi connectivity index (χ4v) is 2.86. The van der Waals surface area contributed by atoms with Gasteiger partial charge in [0.25, 0.3) is 0 Å². The van der Waals surface area contributed by atoms with Crippen LogP contribution in [0.2, 0.25) is 5.28 Å². The van der Waals surface area contributed by atoms with E-state index in [9.17, 15) is 0 Å². The van der Waals surface area contributed by atoms with Crippen molar-refractivity contribution in [2.24, 2.45) is 0 Å². The van der Waals surface area contributed by atoms with E-state index in [0.717, 1.165) is 21.9 Å². The highest BCUT2D eigenvalue weighted by molar-refractivity contribution is 7.04. The van der Waals surface area contributed by atoms with Crippen LogP contribution in [0.4, 0.5) is 0 Å². The normalized spacial score (nSPS) is 9.80. The SMILES string of the molecule is CCCCC[CH2][Al]([Cl])[O][AlH2]. The molecule has 0 bridgehead atoms. The van der Waals surface area contributed by atoms with E-state index in [1.807, 2.05) is 0 Å². The summed E-state index contributed by atoms with van der Waals surface area (Å²) < 4.78 is 5.17. The van der Waals surface area contributed by atoms with Crippen molar-refractivity contribution in [2.75, 3.05) is 0 Å². The van der Waals surface area contributed by atoms with Gasteiger partial charge < -0.3 is 2.84 Å². The molecule has 0 amide bonds. The predicted octanol–water partition coefficient (Wildman–Crippen LogP) is 1.86. The maximum absolute atomic E-state index is 5.90. The third-order valence-electron chi connectivity index (χ3n) is 1.54. The minimum atomic E-state index is -1.19. The Hall–Kier alpha value is 1.31. The van der Waals surface area contributed by atoms with Crippen molar-refractivity contribution in [2.45, 2.75) is 37.9 Å². The van der Waals surface area contributed by atoms with Gasteiger partial charge in [-0.2, -0.15) is 0 Å². The molecule has 4 heteroatoms. The first kappa shape index (κ1) is 11.3. The molecule has 58 valence electrons. The molecule has 0 saturated carbocycles. The topological polar surface area (TPSA) is 9.23 Å².